The first-order chi connectivity index (χ1) is 49.2. The molecule has 103 heavy (non-hydrogen) atoms. The SMILES string of the molecule is C.CC(C)OC(=O)C(CCCOC(=O)CCCCOC(=O)C(CCCO)CCC1CC2C=CC1C2)CCC1CC2C=CC1C2.CC(C)OC(=O)C(CCCOC(=O)CCCCOC(=O)C(CCCO)CCC1CC2CC1CC2SC(C)C)CCC1CC2CC(SC(C)C)C1C2.SCCCCCCS. The summed E-state index contributed by atoms with van der Waals surface area (Å²) in [4.78, 5) is 76.2. The third kappa shape index (κ3) is 34.2. The Morgan fingerprint density at radius 3 is 1.21 bits per heavy atom. The molecule has 0 aromatic heterocycles. The summed E-state index contributed by atoms with van der Waals surface area (Å²) in [7, 11) is 0. The van der Waals surface area contributed by atoms with Gasteiger partial charge in [0.05, 0.1) is 62.3 Å². The highest BCUT2D eigenvalue weighted by molar-refractivity contribution is 8.00. The molecule has 18 unspecified atom stereocenters. The minimum atomic E-state index is -0.248. The Morgan fingerprint density at radius 2 is 0.825 bits per heavy atom. The number of carbonyl (C=O) groups excluding carboxylic acids is 6. The van der Waals surface area contributed by atoms with Crippen LogP contribution in [0.4, 0.5) is 0 Å². The van der Waals surface area contributed by atoms with Crippen LogP contribution in [0.5, 0.6) is 0 Å². The molecule has 18 atom stereocenters. The zero-order valence-electron chi connectivity index (χ0n) is 64.6. The van der Waals surface area contributed by atoms with Gasteiger partial charge >= 0.3 is 35.8 Å². The lowest BCUT2D eigenvalue weighted by Gasteiger charge is -2.31. The number of unbranched alkanes of at least 4 members (excludes halogenated alkanes) is 5. The average Bonchev–Trinajstić information content (AvgIpc) is 1.65. The van der Waals surface area contributed by atoms with Crippen LogP contribution >= 0.6 is 48.8 Å². The molecule has 0 aliphatic heterocycles. The van der Waals surface area contributed by atoms with E-state index in [4.69, 9.17) is 28.4 Å². The molecule has 0 radical (unpaired) electrons. The normalized spacial score (nSPS) is 27.0. The van der Waals surface area contributed by atoms with E-state index < -0.39 is 0 Å². The first-order valence-corrected chi connectivity index (χ1v) is 44.5. The van der Waals surface area contributed by atoms with Gasteiger partial charge in [-0.3, -0.25) is 28.8 Å². The average molecular weight is 1520 g/mol. The smallest absolute Gasteiger partial charge is 0.309 e. The highest BCUT2D eigenvalue weighted by Crippen LogP contribution is 2.56. The molecule has 0 heterocycles. The van der Waals surface area contributed by atoms with E-state index in [0.717, 1.165) is 115 Å². The van der Waals surface area contributed by atoms with Crippen LogP contribution in [0.15, 0.2) is 24.3 Å². The van der Waals surface area contributed by atoms with Crippen molar-refractivity contribution in [3.63, 3.8) is 0 Å². The Kier molecular flexibility index (Phi) is 45.3. The number of carbonyl (C=O) groups is 6. The van der Waals surface area contributed by atoms with Crippen molar-refractivity contribution in [3.05, 3.63) is 24.3 Å². The van der Waals surface area contributed by atoms with Crippen LogP contribution < -0.4 is 0 Å². The fourth-order valence-electron chi connectivity index (χ4n) is 18.5. The summed E-state index contributed by atoms with van der Waals surface area (Å²) in [6.45, 7) is 18.2. The van der Waals surface area contributed by atoms with E-state index in [9.17, 15) is 39.0 Å². The van der Waals surface area contributed by atoms with Crippen LogP contribution in [-0.2, 0) is 57.2 Å². The highest BCUT2D eigenvalue weighted by Gasteiger charge is 2.48. The lowest BCUT2D eigenvalue weighted by Crippen LogP contribution is -2.26. The first kappa shape index (κ1) is 91.2. The molecule has 0 saturated heterocycles. The second kappa shape index (κ2) is 51.2. The number of allylic oxidation sites excluding steroid dienone is 4. The predicted molar refractivity (Wildman–Crippen MR) is 428 cm³/mol. The van der Waals surface area contributed by atoms with Crippen molar-refractivity contribution in [1.82, 2.24) is 0 Å². The van der Waals surface area contributed by atoms with E-state index in [2.05, 4.69) is 101 Å². The zero-order valence-corrected chi connectivity index (χ0v) is 68.0. The van der Waals surface area contributed by atoms with Crippen molar-refractivity contribution in [2.45, 2.75) is 327 Å². The number of hydrogen-bond donors (Lipinski definition) is 4. The highest BCUT2D eigenvalue weighted by atomic mass is 32.2. The fraction of sp³-hybridized carbons (Fsp3) is 0.882. The standard InChI is InChI=1S/C42H72O7S2.C36H56O7.C6H14S2.CH4/c1-27(2)49-42(46)32(15-17-34-21-30-22-37(34)39(23-30)51-29(5)6)12-10-20-47-40(44)13-7-8-19-48-41(45)31(11-9-18-43)14-16-33-24-36-25-35(33)26-38(36)50-28(3)4;1-25(2)43-36(40)29(15-17-33-24-27-11-13-31(33)22-27)8-6-20-41-34(38)9-3-4-19-42-35(39)28(7-5-18-37)14-16-32-23-26-10-12-30(32)21-26;7-5-3-1-2-4-6-8;/h27-39,43H,7-26H2,1-6H3;10-13,25-33,37H,3-9,14-24H2,1-2H3;7-8H,1-6H2;1H4. The van der Waals surface area contributed by atoms with Crippen molar-refractivity contribution in [1.29, 1.82) is 0 Å². The number of thiol groups is 2. The number of aliphatic hydroxyl groups is 2. The van der Waals surface area contributed by atoms with Crippen molar-refractivity contribution in [2.24, 2.45) is 94.7 Å². The van der Waals surface area contributed by atoms with E-state index in [0.29, 0.717) is 156 Å². The molecule has 0 amide bonds. The van der Waals surface area contributed by atoms with Gasteiger partial charge in [-0.25, -0.2) is 0 Å². The number of thioether (sulfide) groups is 2. The van der Waals surface area contributed by atoms with Gasteiger partial charge in [0, 0.05) is 36.6 Å². The maximum absolute atomic E-state index is 13.0. The molecule has 2 N–H and O–H groups in total. The van der Waals surface area contributed by atoms with Crippen molar-refractivity contribution >= 4 is 84.6 Å². The van der Waals surface area contributed by atoms with Crippen LogP contribution in [0.3, 0.4) is 0 Å². The molecule has 0 aromatic carbocycles. The Bertz CT molecular complexity index is 2450. The van der Waals surface area contributed by atoms with Crippen molar-refractivity contribution in [2.75, 3.05) is 51.1 Å². The maximum atomic E-state index is 13.0. The molecule has 0 spiro atoms. The van der Waals surface area contributed by atoms with Crippen molar-refractivity contribution < 1.29 is 67.4 Å². The van der Waals surface area contributed by atoms with E-state index in [1.165, 1.54) is 89.9 Å². The lowest BCUT2D eigenvalue weighted by atomic mass is 9.82. The van der Waals surface area contributed by atoms with Gasteiger partial charge in [-0.05, 0) is 326 Å². The fourth-order valence-corrected chi connectivity index (χ4v) is 22.1. The van der Waals surface area contributed by atoms with Gasteiger partial charge < -0.3 is 38.6 Å². The molecule has 8 rings (SSSR count). The number of aliphatic hydroxyl groups excluding tert-OH is 2. The van der Waals surface area contributed by atoms with Gasteiger partial charge in [-0.1, -0.05) is 72.3 Å². The molecule has 6 saturated carbocycles. The van der Waals surface area contributed by atoms with E-state index in [1.54, 1.807) is 0 Å². The lowest BCUT2D eigenvalue weighted by molar-refractivity contribution is -0.154. The summed E-state index contributed by atoms with van der Waals surface area (Å²) in [5.41, 5.74) is 0. The van der Waals surface area contributed by atoms with Crippen LogP contribution in [0.2, 0.25) is 0 Å². The van der Waals surface area contributed by atoms with Crippen LogP contribution in [-0.4, -0.2) is 130 Å². The quantitative estimate of drug-likeness (QED) is 0.0147. The Labute approximate surface area is 645 Å². The summed E-state index contributed by atoms with van der Waals surface area (Å²) >= 11 is 12.5. The Balaban J connectivity index is 0.000000335. The monoisotopic (exact) mass is 1520 g/mol. The predicted octanol–water partition coefficient (Wildman–Crippen LogP) is 19.7. The summed E-state index contributed by atoms with van der Waals surface area (Å²) in [5, 5.41) is 21.6. The molecule has 18 heteroatoms. The topological polar surface area (TPSA) is 198 Å². The number of hydrogen-bond acceptors (Lipinski definition) is 18. The second-order valence-corrected chi connectivity index (χ2v) is 37.7. The molecule has 8 aliphatic carbocycles. The number of ether oxygens (including phenoxy) is 6. The summed E-state index contributed by atoms with van der Waals surface area (Å²) in [6, 6.07) is 0. The molecule has 594 valence electrons. The molecule has 14 nitrogen and oxygen atoms in total. The Morgan fingerprint density at radius 1 is 0.398 bits per heavy atom. The largest absolute Gasteiger partial charge is 0.466 e. The van der Waals surface area contributed by atoms with Crippen molar-refractivity contribution in [3.8, 4) is 0 Å². The number of esters is 6. The van der Waals surface area contributed by atoms with Crippen LogP contribution in [0.1, 0.15) is 294 Å². The summed E-state index contributed by atoms with van der Waals surface area (Å²) in [6.07, 6.45) is 43.2. The zero-order chi connectivity index (χ0) is 73.8. The Hall–Kier alpha value is -2.38. The third-order valence-corrected chi connectivity index (χ3v) is 27.1. The minimum Gasteiger partial charge on any atom is -0.466 e. The maximum Gasteiger partial charge on any atom is 0.309 e. The molecular weight excluding hydrogens is 1370 g/mol. The minimum absolute atomic E-state index is 0. The van der Waals surface area contributed by atoms with Gasteiger partial charge in [0.1, 0.15) is 0 Å². The van der Waals surface area contributed by atoms with E-state index in [1.807, 2.05) is 27.7 Å². The van der Waals surface area contributed by atoms with Gasteiger partial charge in [-0.2, -0.15) is 48.8 Å². The summed E-state index contributed by atoms with van der Waals surface area (Å²) < 4.78 is 33.4. The number of rotatable bonds is 51. The van der Waals surface area contributed by atoms with Gasteiger partial charge in [-0.15, -0.1) is 0 Å². The first-order valence-electron chi connectivity index (χ1n) is 41.3. The van der Waals surface area contributed by atoms with E-state index >= 15 is 0 Å². The van der Waals surface area contributed by atoms with Gasteiger partial charge in [0.2, 0.25) is 0 Å². The molecular formula is C85H146O14S4. The second-order valence-electron chi connectivity index (χ2n) is 33.1. The molecule has 6 fully saturated rings. The molecule has 8 bridgehead atoms. The third-order valence-electron chi connectivity index (χ3n) is 23.6. The van der Waals surface area contributed by atoms with Gasteiger partial charge in [0.15, 0.2) is 0 Å². The summed E-state index contributed by atoms with van der Waals surface area (Å²) in [5.74, 6) is 9.33. The molecule has 8 aliphatic rings. The van der Waals surface area contributed by atoms with Crippen LogP contribution in [0, 0.1) is 94.7 Å². The number of fused-ring (bicyclic) bond motifs is 8. The van der Waals surface area contributed by atoms with Gasteiger partial charge in [0.25, 0.3) is 0 Å². The van der Waals surface area contributed by atoms with Crippen LogP contribution in [0.25, 0.3) is 0 Å². The van der Waals surface area contributed by atoms with E-state index in [-0.39, 0.29) is 92.3 Å². The molecule has 0 aromatic rings.